The number of ether oxygens (including phenoxy) is 2. The van der Waals surface area contributed by atoms with Crippen molar-refractivity contribution >= 4 is 27.6 Å². The summed E-state index contributed by atoms with van der Waals surface area (Å²) in [7, 11) is 0. The van der Waals surface area contributed by atoms with Crippen LogP contribution in [0.1, 0.15) is 86.8 Å². The van der Waals surface area contributed by atoms with E-state index in [1.807, 2.05) is 17.1 Å². The molecule has 4 saturated heterocycles. The first-order valence-electron chi connectivity index (χ1n) is 19.1. The van der Waals surface area contributed by atoms with E-state index in [9.17, 15) is 4.39 Å². The van der Waals surface area contributed by atoms with E-state index in [0.717, 1.165) is 97.7 Å². The summed E-state index contributed by atoms with van der Waals surface area (Å²) in [6.45, 7) is 6.35. The van der Waals surface area contributed by atoms with Gasteiger partial charge in [0.1, 0.15) is 29.8 Å². The highest BCUT2D eigenvalue weighted by atomic mass is 19.1. The number of benzene rings is 1. The molecule has 2 unspecified atom stereocenters. The Kier molecular flexibility index (Phi) is 7.89. The molecule has 14 heteroatoms. The van der Waals surface area contributed by atoms with E-state index in [0.29, 0.717) is 50.3 Å². The van der Waals surface area contributed by atoms with Gasteiger partial charge in [-0.15, -0.1) is 0 Å². The summed E-state index contributed by atoms with van der Waals surface area (Å²) >= 11 is 0. The molecule has 0 N–H and O–H groups in total. The molecule has 0 radical (unpaired) electrons. The zero-order chi connectivity index (χ0) is 35.0. The molecule has 11 rings (SSSR count). The van der Waals surface area contributed by atoms with Crippen molar-refractivity contribution in [3.05, 3.63) is 47.3 Å². The molecule has 8 bridgehead atoms. The highest BCUT2D eigenvalue weighted by molar-refractivity contribution is 5.99. The minimum atomic E-state index is -0.882. The number of rotatable bonds is 4. The number of aromatic nitrogens is 8. The van der Waals surface area contributed by atoms with E-state index < -0.39 is 12.0 Å². The highest BCUT2D eigenvalue weighted by Crippen LogP contribution is 2.43. The second-order valence-electron chi connectivity index (χ2n) is 15.5. The maximum Gasteiger partial charge on any atom is 0.319 e. The van der Waals surface area contributed by atoms with E-state index in [2.05, 4.69) is 27.9 Å². The summed E-state index contributed by atoms with van der Waals surface area (Å²) in [6.07, 6.45) is 13.0. The van der Waals surface area contributed by atoms with Gasteiger partial charge in [-0.05, 0) is 88.4 Å². The van der Waals surface area contributed by atoms with Gasteiger partial charge in [0.25, 0.3) is 0 Å². The van der Waals surface area contributed by atoms with Gasteiger partial charge in [-0.25, -0.2) is 13.5 Å². The first-order chi connectivity index (χ1) is 25.4. The molecule has 52 heavy (non-hydrogen) atoms. The Bertz CT molecular complexity index is 2160. The number of aryl methyl sites for hydroxylation is 2. The van der Waals surface area contributed by atoms with Gasteiger partial charge in [-0.1, -0.05) is 0 Å². The van der Waals surface area contributed by atoms with Crippen LogP contribution in [0.2, 0.25) is 0 Å². The number of alkyl halides is 1. The third-order valence-electron chi connectivity index (χ3n) is 12.3. The Labute approximate surface area is 300 Å². The van der Waals surface area contributed by atoms with Crippen LogP contribution in [0.5, 0.6) is 6.01 Å². The van der Waals surface area contributed by atoms with Crippen molar-refractivity contribution < 1.29 is 18.3 Å². The SMILES string of the molecule is Cc1cc2c(cnn2C2CCCCO2)c2c1CCCn1ncc(n1)C1CCCN(C1)c1nc(OC[C@@]34CCCN3C[C@H](F)C4)nc3c(F)c-2ncc13. The topological polar surface area (TPSA) is 112 Å². The fourth-order valence-electron chi connectivity index (χ4n) is 9.66. The monoisotopic (exact) mass is 710 g/mol. The second kappa shape index (κ2) is 12.7. The lowest BCUT2D eigenvalue weighted by Crippen LogP contribution is -2.43. The third kappa shape index (κ3) is 5.35. The Morgan fingerprint density at radius 1 is 0.981 bits per heavy atom. The molecular weight excluding hydrogens is 666 g/mol. The number of piperidine rings is 1. The minimum Gasteiger partial charge on any atom is -0.461 e. The van der Waals surface area contributed by atoms with Crippen LogP contribution in [0.3, 0.4) is 0 Å². The first-order valence-corrected chi connectivity index (χ1v) is 19.1. The second-order valence-corrected chi connectivity index (χ2v) is 15.5. The summed E-state index contributed by atoms with van der Waals surface area (Å²) in [5.74, 6) is 0.228. The van der Waals surface area contributed by atoms with Gasteiger partial charge in [0.05, 0.1) is 41.1 Å². The predicted octanol–water partition coefficient (Wildman–Crippen LogP) is 6.07. The number of anilines is 1. The summed E-state index contributed by atoms with van der Waals surface area (Å²) in [5.41, 5.74) is 4.63. The Morgan fingerprint density at radius 3 is 2.83 bits per heavy atom. The molecule has 0 saturated carbocycles. The van der Waals surface area contributed by atoms with E-state index in [1.54, 1.807) is 11.0 Å². The molecule has 6 aliphatic heterocycles. The predicted molar refractivity (Wildman–Crippen MR) is 191 cm³/mol. The molecule has 12 nitrogen and oxygen atoms in total. The number of fused-ring (bicyclic) bond motifs is 5. The number of hydrogen-bond donors (Lipinski definition) is 0. The molecule has 0 aliphatic carbocycles. The molecule has 0 amide bonds. The van der Waals surface area contributed by atoms with Gasteiger partial charge in [-0.2, -0.15) is 30.1 Å². The van der Waals surface area contributed by atoms with Crippen LogP contribution in [-0.4, -0.2) is 95.7 Å². The molecule has 10 heterocycles. The maximum absolute atomic E-state index is 17.5. The van der Waals surface area contributed by atoms with Crippen LogP contribution in [0.4, 0.5) is 14.6 Å². The minimum absolute atomic E-state index is 0.105. The zero-order valence-corrected chi connectivity index (χ0v) is 29.6. The Morgan fingerprint density at radius 2 is 1.92 bits per heavy atom. The highest BCUT2D eigenvalue weighted by Gasteiger charge is 2.49. The van der Waals surface area contributed by atoms with Gasteiger partial charge in [-0.3, -0.25) is 9.88 Å². The van der Waals surface area contributed by atoms with E-state index in [4.69, 9.17) is 34.6 Å². The summed E-state index contributed by atoms with van der Waals surface area (Å²) in [5, 5.41) is 15.8. The smallest absolute Gasteiger partial charge is 0.319 e. The van der Waals surface area contributed by atoms with Crippen LogP contribution >= 0.6 is 0 Å². The number of nitrogens with zero attached hydrogens (tertiary/aromatic N) is 10. The van der Waals surface area contributed by atoms with Gasteiger partial charge >= 0.3 is 6.01 Å². The van der Waals surface area contributed by atoms with Gasteiger partial charge in [0, 0.05) is 55.7 Å². The van der Waals surface area contributed by atoms with E-state index >= 15 is 4.39 Å². The normalized spacial score (nSPS) is 26.4. The van der Waals surface area contributed by atoms with Gasteiger partial charge < -0.3 is 14.4 Å². The largest absolute Gasteiger partial charge is 0.461 e. The van der Waals surface area contributed by atoms with Crippen molar-refractivity contribution in [2.24, 2.45) is 0 Å². The molecule has 5 aromatic rings. The van der Waals surface area contributed by atoms with E-state index in [1.165, 1.54) is 0 Å². The number of pyridine rings is 1. The summed E-state index contributed by atoms with van der Waals surface area (Å²) in [4.78, 5) is 20.8. The van der Waals surface area contributed by atoms with Crippen LogP contribution in [0.15, 0.2) is 24.7 Å². The lowest BCUT2D eigenvalue weighted by Gasteiger charge is -2.34. The van der Waals surface area contributed by atoms with Gasteiger partial charge in [0.15, 0.2) is 12.0 Å². The molecular formula is C38H44F2N10O2. The number of halogens is 2. The van der Waals surface area contributed by atoms with E-state index in [-0.39, 0.29) is 41.5 Å². The molecule has 4 aromatic heterocycles. The van der Waals surface area contributed by atoms with Gasteiger partial charge in [0.2, 0.25) is 0 Å². The summed E-state index contributed by atoms with van der Waals surface area (Å²) in [6, 6.07) is 2.26. The summed E-state index contributed by atoms with van der Waals surface area (Å²) < 4.78 is 46.7. The number of hydrogen-bond acceptors (Lipinski definition) is 10. The lowest BCUT2D eigenvalue weighted by atomic mass is 9.91. The average molecular weight is 711 g/mol. The van der Waals surface area contributed by atoms with Crippen LogP contribution < -0.4 is 9.64 Å². The zero-order valence-electron chi connectivity index (χ0n) is 29.6. The standard InChI is InChI=1S/C38H44F2N10O2/c1-23-15-30-27(18-43-50(30)31-9-2-3-14-51-31)32-26(23)8-5-13-49-42-19-29(46-49)24-7-4-11-47(20-24)36-28-17-41-35(32)33(40)34(28)44-37(45-36)52-22-38-10-6-12-48(38)21-25(39)16-38/h15,17-19,24-25,31H,2-14,16,20-22H2,1H3/t24?,25-,31?,38+/m1/s1. The van der Waals surface area contributed by atoms with Crippen LogP contribution in [0, 0.1) is 12.7 Å². The quantitative estimate of drug-likeness (QED) is 0.218. The van der Waals surface area contributed by atoms with Crippen LogP contribution in [0.25, 0.3) is 33.1 Å². The first kappa shape index (κ1) is 32.4. The average Bonchev–Trinajstić information content (AvgIpc) is 3.95. The maximum atomic E-state index is 17.5. The van der Waals surface area contributed by atoms with Crippen molar-refractivity contribution in [3.8, 4) is 17.3 Å². The fraction of sp³-hybridized carbons (Fsp3) is 0.579. The third-order valence-corrected chi connectivity index (χ3v) is 12.3. The van der Waals surface area contributed by atoms with Crippen LogP contribution in [-0.2, 0) is 17.7 Å². The van der Waals surface area contributed by atoms with Crippen molar-refractivity contribution in [2.45, 2.75) is 102 Å². The van der Waals surface area contributed by atoms with Crippen molar-refractivity contribution in [3.63, 3.8) is 0 Å². The lowest BCUT2D eigenvalue weighted by molar-refractivity contribution is -0.0366. The van der Waals surface area contributed by atoms with Crippen molar-refractivity contribution in [2.75, 3.05) is 44.3 Å². The molecule has 4 atom stereocenters. The van der Waals surface area contributed by atoms with Crippen molar-refractivity contribution in [1.29, 1.82) is 0 Å². The molecule has 4 fully saturated rings. The Balaban J connectivity index is 1.15. The van der Waals surface area contributed by atoms with Crippen molar-refractivity contribution in [1.82, 2.24) is 44.6 Å². The molecule has 272 valence electrons. The Hall–Kier alpha value is -4.30. The molecule has 0 spiro atoms. The molecule has 6 aliphatic rings. The molecule has 1 aromatic carbocycles. The fourth-order valence-corrected chi connectivity index (χ4v) is 9.66.